The van der Waals surface area contributed by atoms with Crippen LogP contribution in [0.5, 0.6) is 0 Å². The van der Waals surface area contributed by atoms with Gasteiger partial charge in [0, 0.05) is 48.0 Å². The standard InChI is InChI=1S/C46H29NOS/c1-3-11-30(12-4-1)36-24-20-34(28-41(36)31-13-5-2-6-14-31)47(35-22-26-44-42(29-35)38-15-7-9-17-43(38)48-44)33-21-25-37-32(27-33)19-23-40-39-16-8-10-18-45(39)49-46(37)40/h1-29H. The van der Waals surface area contributed by atoms with Gasteiger partial charge in [-0.2, -0.15) is 0 Å². The van der Waals surface area contributed by atoms with Gasteiger partial charge in [-0.05, 0) is 87.6 Å². The number of furan rings is 1. The molecule has 0 aliphatic carbocycles. The second kappa shape index (κ2) is 11.2. The van der Waals surface area contributed by atoms with Crippen LogP contribution in [0.15, 0.2) is 180 Å². The molecule has 0 atom stereocenters. The molecule has 0 aliphatic rings. The van der Waals surface area contributed by atoms with Gasteiger partial charge in [0.05, 0.1) is 0 Å². The summed E-state index contributed by atoms with van der Waals surface area (Å²) in [6.07, 6.45) is 0. The number of anilines is 3. The van der Waals surface area contributed by atoms with Crippen LogP contribution in [0.4, 0.5) is 17.1 Å². The van der Waals surface area contributed by atoms with Gasteiger partial charge in [0.2, 0.25) is 0 Å². The first kappa shape index (κ1) is 27.9. The van der Waals surface area contributed by atoms with E-state index in [4.69, 9.17) is 4.42 Å². The lowest BCUT2D eigenvalue weighted by atomic mass is 9.93. The van der Waals surface area contributed by atoms with E-state index in [1.54, 1.807) is 0 Å². The van der Waals surface area contributed by atoms with E-state index in [0.29, 0.717) is 0 Å². The quantitative estimate of drug-likeness (QED) is 0.186. The molecule has 0 unspecified atom stereocenters. The number of thiophene rings is 1. The van der Waals surface area contributed by atoms with Crippen molar-refractivity contribution in [3.05, 3.63) is 176 Å². The van der Waals surface area contributed by atoms with Crippen molar-refractivity contribution in [3.63, 3.8) is 0 Å². The second-order valence-corrected chi connectivity index (χ2v) is 13.6. The summed E-state index contributed by atoms with van der Waals surface area (Å²) in [7, 11) is 0. The monoisotopic (exact) mass is 643 g/mol. The van der Waals surface area contributed by atoms with Gasteiger partial charge in [0.15, 0.2) is 0 Å². The largest absolute Gasteiger partial charge is 0.456 e. The molecule has 0 radical (unpaired) electrons. The molecule has 3 heteroatoms. The highest BCUT2D eigenvalue weighted by Gasteiger charge is 2.19. The van der Waals surface area contributed by atoms with Crippen molar-refractivity contribution >= 4 is 81.3 Å². The summed E-state index contributed by atoms with van der Waals surface area (Å²) in [4.78, 5) is 2.39. The van der Waals surface area contributed by atoms with E-state index in [9.17, 15) is 0 Å². The van der Waals surface area contributed by atoms with Gasteiger partial charge in [0.25, 0.3) is 0 Å². The Labute approximate surface area is 287 Å². The van der Waals surface area contributed by atoms with Crippen LogP contribution in [0, 0.1) is 0 Å². The molecule has 10 aromatic rings. The van der Waals surface area contributed by atoms with Crippen LogP contribution in [0.25, 0.3) is 75.1 Å². The number of para-hydroxylation sites is 1. The Morgan fingerprint density at radius 1 is 0.388 bits per heavy atom. The normalized spacial score (nSPS) is 11.7. The van der Waals surface area contributed by atoms with Gasteiger partial charge < -0.3 is 9.32 Å². The molecule has 2 heterocycles. The summed E-state index contributed by atoms with van der Waals surface area (Å²) in [6, 6.07) is 63.3. The average molecular weight is 644 g/mol. The SMILES string of the molecule is c1ccc(-c2ccc(N(c3ccc4c(ccc5c6ccccc6sc45)c3)c3ccc4oc5ccccc5c4c3)cc2-c2ccccc2)cc1. The first-order valence-corrected chi connectivity index (χ1v) is 17.4. The Morgan fingerprint density at radius 2 is 1.00 bits per heavy atom. The van der Waals surface area contributed by atoms with E-state index < -0.39 is 0 Å². The first-order chi connectivity index (χ1) is 24.3. The smallest absolute Gasteiger partial charge is 0.135 e. The van der Waals surface area contributed by atoms with E-state index in [2.05, 4.69) is 169 Å². The highest BCUT2D eigenvalue weighted by atomic mass is 32.1. The molecule has 0 spiro atoms. The van der Waals surface area contributed by atoms with Crippen molar-refractivity contribution in [3.8, 4) is 22.3 Å². The van der Waals surface area contributed by atoms with Crippen molar-refractivity contribution in [2.45, 2.75) is 0 Å². The Balaban J connectivity index is 1.21. The van der Waals surface area contributed by atoms with Crippen LogP contribution in [0.1, 0.15) is 0 Å². The number of hydrogen-bond donors (Lipinski definition) is 0. The maximum absolute atomic E-state index is 6.25. The number of nitrogens with zero attached hydrogens (tertiary/aromatic N) is 1. The number of fused-ring (bicyclic) bond motifs is 8. The molecule has 2 nitrogen and oxygen atoms in total. The Hall–Kier alpha value is -6.16. The molecule has 49 heavy (non-hydrogen) atoms. The van der Waals surface area contributed by atoms with Gasteiger partial charge >= 0.3 is 0 Å². The van der Waals surface area contributed by atoms with Gasteiger partial charge in [-0.3, -0.25) is 0 Å². The van der Waals surface area contributed by atoms with Crippen molar-refractivity contribution in [1.82, 2.24) is 0 Å². The Bertz CT molecular complexity index is 2830. The van der Waals surface area contributed by atoms with Crippen molar-refractivity contribution in [2.75, 3.05) is 4.90 Å². The highest BCUT2D eigenvalue weighted by molar-refractivity contribution is 7.26. The summed E-state index contributed by atoms with van der Waals surface area (Å²) < 4.78 is 8.90. The molecular formula is C46H29NOS. The van der Waals surface area contributed by atoms with Gasteiger partial charge in [-0.15, -0.1) is 11.3 Å². The molecule has 0 saturated carbocycles. The summed E-state index contributed by atoms with van der Waals surface area (Å²) in [5.41, 5.74) is 9.84. The molecule has 0 saturated heterocycles. The van der Waals surface area contributed by atoms with Crippen LogP contribution < -0.4 is 4.90 Å². The average Bonchev–Trinajstić information content (AvgIpc) is 3.74. The molecule has 2 aromatic heterocycles. The number of benzene rings is 8. The predicted octanol–water partition coefficient (Wildman–Crippen LogP) is 13.9. The molecule has 0 amide bonds. The third kappa shape index (κ3) is 4.62. The lowest BCUT2D eigenvalue weighted by molar-refractivity contribution is 0.669. The number of hydrogen-bond acceptors (Lipinski definition) is 3. The summed E-state index contributed by atoms with van der Waals surface area (Å²) >= 11 is 1.88. The zero-order valence-corrected chi connectivity index (χ0v) is 27.3. The first-order valence-electron chi connectivity index (χ1n) is 16.6. The molecule has 230 valence electrons. The van der Waals surface area contributed by atoms with Crippen molar-refractivity contribution in [1.29, 1.82) is 0 Å². The van der Waals surface area contributed by atoms with Gasteiger partial charge in [-0.1, -0.05) is 121 Å². The molecular weight excluding hydrogens is 615 g/mol. The van der Waals surface area contributed by atoms with Crippen LogP contribution in [0.3, 0.4) is 0 Å². The minimum atomic E-state index is 0.889. The van der Waals surface area contributed by atoms with E-state index in [1.165, 1.54) is 53.2 Å². The lowest BCUT2D eigenvalue weighted by Gasteiger charge is -2.27. The summed E-state index contributed by atoms with van der Waals surface area (Å²) in [6.45, 7) is 0. The molecule has 0 aliphatic heterocycles. The van der Waals surface area contributed by atoms with E-state index >= 15 is 0 Å². The van der Waals surface area contributed by atoms with Gasteiger partial charge in [0.1, 0.15) is 11.2 Å². The predicted molar refractivity (Wildman–Crippen MR) is 210 cm³/mol. The van der Waals surface area contributed by atoms with Crippen molar-refractivity contribution in [2.24, 2.45) is 0 Å². The fraction of sp³-hybridized carbons (Fsp3) is 0. The number of rotatable bonds is 5. The highest BCUT2D eigenvalue weighted by Crippen LogP contribution is 2.44. The third-order valence-corrected chi connectivity index (χ3v) is 10.9. The van der Waals surface area contributed by atoms with Crippen LogP contribution >= 0.6 is 11.3 Å². The summed E-state index contributed by atoms with van der Waals surface area (Å²) in [5.74, 6) is 0. The van der Waals surface area contributed by atoms with E-state index in [-0.39, 0.29) is 0 Å². The van der Waals surface area contributed by atoms with Crippen LogP contribution in [0.2, 0.25) is 0 Å². The zero-order valence-electron chi connectivity index (χ0n) is 26.5. The van der Waals surface area contributed by atoms with Gasteiger partial charge in [-0.25, -0.2) is 0 Å². The molecule has 10 rings (SSSR count). The Kier molecular flexibility index (Phi) is 6.39. The fourth-order valence-corrected chi connectivity index (χ4v) is 8.57. The Morgan fingerprint density at radius 3 is 1.84 bits per heavy atom. The summed E-state index contributed by atoms with van der Waals surface area (Å²) in [5, 5.41) is 7.37. The zero-order chi connectivity index (χ0) is 32.3. The molecule has 8 aromatic carbocycles. The van der Waals surface area contributed by atoms with Crippen molar-refractivity contribution < 1.29 is 4.42 Å². The second-order valence-electron chi connectivity index (χ2n) is 12.5. The minimum absolute atomic E-state index is 0.889. The maximum atomic E-state index is 6.25. The van der Waals surface area contributed by atoms with E-state index in [1.807, 2.05) is 23.5 Å². The molecule has 0 N–H and O–H groups in total. The minimum Gasteiger partial charge on any atom is -0.456 e. The van der Waals surface area contributed by atoms with Crippen LogP contribution in [-0.2, 0) is 0 Å². The lowest BCUT2D eigenvalue weighted by Crippen LogP contribution is -2.10. The fourth-order valence-electron chi connectivity index (χ4n) is 7.34. The van der Waals surface area contributed by atoms with E-state index in [0.717, 1.165) is 39.0 Å². The molecule has 0 bridgehead atoms. The maximum Gasteiger partial charge on any atom is 0.135 e. The van der Waals surface area contributed by atoms with Crippen LogP contribution in [-0.4, -0.2) is 0 Å². The third-order valence-electron chi connectivity index (χ3n) is 9.65. The topological polar surface area (TPSA) is 16.4 Å². The molecule has 0 fully saturated rings.